The van der Waals surface area contributed by atoms with Gasteiger partial charge in [-0.05, 0) is 41.1 Å². The van der Waals surface area contributed by atoms with Crippen molar-refractivity contribution in [1.29, 1.82) is 0 Å². The molecular weight excluding hydrogens is 308 g/mol. The Kier molecular flexibility index (Phi) is 4.80. The van der Waals surface area contributed by atoms with Gasteiger partial charge >= 0.3 is 0 Å². The van der Waals surface area contributed by atoms with Gasteiger partial charge < -0.3 is 11.1 Å². The minimum absolute atomic E-state index is 0.806. The topological polar surface area (TPSA) is 38.0 Å². The van der Waals surface area contributed by atoms with Crippen LogP contribution in [0.4, 0.5) is 5.69 Å². The Morgan fingerprint density at radius 3 is 2.78 bits per heavy atom. The number of halogens is 1. The molecule has 3 N–H and O–H groups in total. The summed E-state index contributed by atoms with van der Waals surface area (Å²) in [5.41, 5.74) is 9.39. The van der Waals surface area contributed by atoms with Gasteiger partial charge in [0.05, 0.1) is 0 Å². The van der Waals surface area contributed by atoms with Crippen molar-refractivity contribution in [3.8, 4) is 0 Å². The molecule has 0 saturated heterocycles. The van der Waals surface area contributed by atoms with Gasteiger partial charge in [-0.3, -0.25) is 0 Å². The van der Waals surface area contributed by atoms with Crippen LogP contribution in [-0.2, 0) is 19.5 Å². The van der Waals surface area contributed by atoms with Gasteiger partial charge in [0.25, 0.3) is 0 Å². The van der Waals surface area contributed by atoms with Gasteiger partial charge in [0, 0.05) is 28.1 Å². The molecule has 18 heavy (non-hydrogen) atoms. The second-order valence-electron chi connectivity index (χ2n) is 4.17. The lowest BCUT2D eigenvalue weighted by Gasteiger charge is -2.08. The summed E-state index contributed by atoms with van der Waals surface area (Å²) in [6.45, 7) is 3.91. The van der Waals surface area contributed by atoms with Gasteiger partial charge in [-0.2, -0.15) is 0 Å². The maximum absolute atomic E-state index is 5.97. The average molecular weight is 325 g/mol. The fourth-order valence-electron chi connectivity index (χ4n) is 1.87. The quantitative estimate of drug-likeness (QED) is 0.817. The van der Waals surface area contributed by atoms with Crippen LogP contribution in [0.1, 0.15) is 22.9 Å². The first-order chi connectivity index (χ1) is 8.70. The van der Waals surface area contributed by atoms with Crippen LogP contribution in [0.5, 0.6) is 0 Å². The van der Waals surface area contributed by atoms with Crippen molar-refractivity contribution in [3.05, 3.63) is 50.1 Å². The number of aryl methyl sites for hydroxylation is 1. The van der Waals surface area contributed by atoms with Crippen LogP contribution in [0, 0.1) is 0 Å². The van der Waals surface area contributed by atoms with Crippen LogP contribution < -0.4 is 11.1 Å². The summed E-state index contributed by atoms with van der Waals surface area (Å²) in [4.78, 5) is 1.42. The third-order valence-electron chi connectivity index (χ3n) is 2.93. The van der Waals surface area contributed by atoms with Crippen molar-refractivity contribution >= 4 is 33.0 Å². The predicted octanol–water partition coefficient (Wildman–Crippen LogP) is 3.95. The first-order valence-corrected chi connectivity index (χ1v) is 7.68. The molecule has 2 aromatic rings. The van der Waals surface area contributed by atoms with Crippen molar-refractivity contribution in [1.82, 2.24) is 5.32 Å². The molecular formula is C14H17BrN2S. The van der Waals surface area contributed by atoms with E-state index in [2.05, 4.69) is 45.7 Å². The summed E-state index contributed by atoms with van der Waals surface area (Å²) < 4.78 is 1.02. The maximum Gasteiger partial charge on any atom is 0.0370 e. The lowest BCUT2D eigenvalue weighted by Crippen LogP contribution is -2.13. The van der Waals surface area contributed by atoms with Crippen LogP contribution in [0.2, 0.25) is 0 Å². The van der Waals surface area contributed by atoms with E-state index in [0.717, 1.165) is 35.2 Å². The Morgan fingerprint density at radius 2 is 2.06 bits per heavy atom. The van der Waals surface area contributed by atoms with Crippen molar-refractivity contribution in [2.45, 2.75) is 26.4 Å². The predicted molar refractivity (Wildman–Crippen MR) is 82.8 cm³/mol. The van der Waals surface area contributed by atoms with E-state index in [1.807, 2.05) is 23.5 Å². The zero-order chi connectivity index (χ0) is 13.0. The Morgan fingerprint density at radius 1 is 1.22 bits per heavy atom. The summed E-state index contributed by atoms with van der Waals surface area (Å²) in [6.07, 6.45) is 1.10. The molecule has 0 aliphatic rings. The maximum atomic E-state index is 5.97. The van der Waals surface area contributed by atoms with Crippen LogP contribution in [0.25, 0.3) is 0 Å². The number of rotatable bonds is 5. The standard InChI is InChI=1S/C14H17BrN2S/c1-2-10-5-6-18-14(10)9-17-8-11-3-4-12(15)7-13(11)16/h3-7,17H,2,8-9,16H2,1H3. The van der Waals surface area contributed by atoms with Crippen molar-refractivity contribution in [2.24, 2.45) is 0 Å². The molecule has 2 rings (SSSR count). The van der Waals surface area contributed by atoms with E-state index in [4.69, 9.17) is 5.73 Å². The van der Waals surface area contributed by atoms with Gasteiger partial charge in [0.15, 0.2) is 0 Å². The number of anilines is 1. The van der Waals surface area contributed by atoms with Crippen LogP contribution >= 0.6 is 27.3 Å². The van der Waals surface area contributed by atoms with Gasteiger partial charge in [-0.25, -0.2) is 0 Å². The van der Waals surface area contributed by atoms with Crippen LogP contribution in [0.3, 0.4) is 0 Å². The third-order valence-corrected chi connectivity index (χ3v) is 4.38. The minimum atomic E-state index is 0.806. The zero-order valence-electron chi connectivity index (χ0n) is 10.4. The molecule has 1 heterocycles. The fraction of sp³-hybridized carbons (Fsp3) is 0.286. The average Bonchev–Trinajstić information content (AvgIpc) is 2.79. The van der Waals surface area contributed by atoms with Crippen molar-refractivity contribution in [2.75, 3.05) is 5.73 Å². The van der Waals surface area contributed by atoms with E-state index in [1.54, 1.807) is 0 Å². The highest BCUT2D eigenvalue weighted by Gasteiger charge is 2.03. The van der Waals surface area contributed by atoms with Crippen molar-refractivity contribution < 1.29 is 0 Å². The summed E-state index contributed by atoms with van der Waals surface area (Å²) in [5, 5.41) is 5.61. The Balaban J connectivity index is 1.92. The Labute approximate surface area is 120 Å². The molecule has 96 valence electrons. The van der Waals surface area contributed by atoms with Crippen molar-refractivity contribution in [3.63, 3.8) is 0 Å². The van der Waals surface area contributed by atoms with E-state index in [-0.39, 0.29) is 0 Å². The van der Waals surface area contributed by atoms with Gasteiger partial charge in [-0.15, -0.1) is 11.3 Å². The molecule has 1 aromatic carbocycles. The van der Waals surface area contributed by atoms with E-state index in [1.165, 1.54) is 10.4 Å². The Hall–Kier alpha value is -0.840. The molecule has 0 radical (unpaired) electrons. The molecule has 1 aromatic heterocycles. The van der Waals surface area contributed by atoms with E-state index in [9.17, 15) is 0 Å². The second kappa shape index (κ2) is 6.36. The first-order valence-electron chi connectivity index (χ1n) is 6.00. The van der Waals surface area contributed by atoms with Crippen LogP contribution in [0.15, 0.2) is 34.1 Å². The first kappa shape index (κ1) is 13.6. The lowest BCUT2D eigenvalue weighted by molar-refractivity contribution is 0.698. The minimum Gasteiger partial charge on any atom is -0.398 e. The molecule has 0 saturated carbocycles. The number of hydrogen-bond acceptors (Lipinski definition) is 3. The molecule has 0 aliphatic carbocycles. The zero-order valence-corrected chi connectivity index (χ0v) is 12.8. The number of benzene rings is 1. The molecule has 4 heteroatoms. The van der Waals surface area contributed by atoms with E-state index < -0.39 is 0 Å². The number of nitrogens with one attached hydrogen (secondary N) is 1. The van der Waals surface area contributed by atoms with E-state index in [0.29, 0.717) is 0 Å². The smallest absolute Gasteiger partial charge is 0.0370 e. The Bertz CT molecular complexity index is 522. The molecule has 0 aliphatic heterocycles. The summed E-state index contributed by atoms with van der Waals surface area (Å²) in [6, 6.07) is 8.23. The number of hydrogen-bond donors (Lipinski definition) is 2. The molecule has 2 nitrogen and oxygen atoms in total. The highest BCUT2D eigenvalue weighted by molar-refractivity contribution is 9.10. The highest BCUT2D eigenvalue weighted by Crippen LogP contribution is 2.20. The number of thiophene rings is 1. The largest absolute Gasteiger partial charge is 0.398 e. The van der Waals surface area contributed by atoms with Gasteiger partial charge in [0.2, 0.25) is 0 Å². The SMILES string of the molecule is CCc1ccsc1CNCc1ccc(Br)cc1N. The highest BCUT2D eigenvalue weighted by atomic mass is 79.9. The normalized spacial score (nSPS) is 10.8. The second-order valence-corrected chi connectivity index (χ2v) is 6.09. The van der Waals surface area contributed by atoms with Gasteiger partial charge in [0.1, 0.15) is 0 Å². The molecule has 0 bridgehead atoms. The molecule has 0 spiro atoms. The van der Waals surface area contributed by atoms with Crippen LogP contribution in [-0.4, -0.2) is 0 Å². The van der Waals surface area contributed by atoms with E-state index >= 15 is 0 Å². The summed E-state index contributed by atoms with van der Waals surface area (Å²) >= 11 is 5.23. The molecule has 0 amide bonds. The molecule has 0 unspecified atom stereocenters. The summed E-state index contributed by atoms with van der Waals surface area (Å²) in [7, 11) is 0. The molecule has 0 fully saturated rings. The van der Waals surface area contributed by atoms with Gasteiger partial charge in [-0.1, -0.05) is 28.9 Å². The fourth-order valence-corrected chi connectivity index (χ4v) is 3.20. The third kappa shape index (κ3) is 3.34. The lowest BCUT2D eigenvalue weighted by atomic mass is 10.1. The number of nitrogen functional groups attached to an aromatic ring is 1. The molecule has 0 atom stereocenters. The summed E-state index contributed by atoms with van der Waals surface area (Å²) in [5.74, 6) is 0. The number of nitrogens with two attached hydrogens (primary N) is 1. The monoisotopic (exact) mass is 324 g/mol.